The van der Waals surface area contributed by atoms with Gasteiger partial charge in [0.05, 0.1) is 19.9 Å². The number of aromatic nitrogens is 2. The summed E-state index contributed by atoms with van der Waals surface area (Å²) in [4.78, 5) is 8.59. The van der Waals surface area contributed by atoms with Crippen molar-refractivity contribution in [1.29, 1.82) is 0 Å². The molecule has 1 heterocycles. The second-order valence-electron chi connectivity index (χ2n) is 6.20. The lowest BCUT2D eigenvalue weighted by Gasteiger charge is -2.14. The Morgan fingerprint density at radius 3 is 2.29 bits per heavy atom. The highest BCUT2D eigenvalue weighted by molar-refractivity contribution is 6.02. The number of rotatable bonds is 4. The van der Waals surface area contributed by atoms with Gasteiger partial charge in [0.2, 0.25) is 5.95 Å². The third-order valence-electron chi connectivity index (χ3n) is 4.63. The Hall–Kier alpha value is -3.67. The van der Waals surface area contributed by atoms with Crippen LogP contribution in [0.5, 0.6) is 11.5 Å². The molecule has 6 heteroatoms. The van der Waals surface area contributed by atoms with Gasteiger partial charge in [-0.25, -0.2) is 14.4 Å². The van der Waals surface area contributed by atoms with E-state index in [0.29, 0.717) is 16.8 Å². The molecular weight excluding hydrogens is 357 g/mol. The molecule has 0 aliphatic carbocycles. The topological polar surface area (TPSA) is 70.3 Å². The number of nitrogens with zero attached hydrogens (tertiary/aromatic N) is 2. The monoisotopic (exact) mass is 375 g/mol. The first-order valence-corrected chi connectivity index (χ1v) is 8.65. The summed E-state index contributed by atoms with van der Waals surface area (Å²) in [6, 6.07) is 16.4. The molecule has 0 saturated heterocycles. The summed E-state index contributed by atoms with van der Waals surface area (Å²) in [5, 5.41) is 1.90. The fraction of sp³-hybridized carbons (Fsp3) is 0.0909. The maximum Gasteiger partial charge on any atom is 0.220 e. The molecule has 0 spiro atoms. The molecule has 0 atom stereocenters. The zero-order chi connectivity index (χ0) is 19.7. The molecule has 4 aromatic rings. The van der Waals surface area contributed by atoms with Gasteiger partial charge in [-0.2, -0.15) is 0 Å². The first kappa shape index (κ1) is 17.7. The van der Waals surface area contributed by atoms with E-state index < -0.39 is 5.82 Å². The summed E-state index contributed by atoms with van der Waals surface area (Å²) in [5.41, 5.74) is 8.66. The summed E-state index contributed by atoms with van der Waals surface area (Å²) < 4.78 is 24.8. The standard InChI is InChI=1S/C22H18FN3O2/c1-27-19-10-8-16(14-5-3-4-6-15(14)19)21-17(12-25-22(24)26-21)13-7-9-20(28-2)18(23)11-13/h3-12H,1-2H3,(H2,24,25,26). The van der Waals surface area contributed by atoms with Crippen molar-refractivity contribution in [2.45, 2.75) is 0 Å². The quantitative estimate of drug-likeness (QED) is 0.560. The number of fused-ring (bicyclic) bond motifs is 1. The highest BCUT2D eigenvalue weighted by Crippen LogP contribution is 2.38. The van der Waals surface area contributed by atoms with Crippen LogP contribution in [-0.2, 0) is 0 Å². The van der Waals surface area contributed by atoms with Crippen molar-refractivity contribution in [2.75, 3.05) is 20.0 Å². The van der Waals surface area contributed by atoms with Crippen LogP contribution in [0, 0.1) is 5.82 Å². The van der Waals surface area contributed by atoms with Crippen molar-refractivity contribution in [3.8, 4) is 33.9 Å². The zero-order valence-corrected chi connectivity index (χ0v) is 15.4. The van der Waals surface area contributed by atoms with E-state index in [4.69, 9.17) is 15.2 Å². The van der Waals surface area contributed by atoms with E-state index in [0.717, 1.165) is 22.1 Å². The SMILES string of the molecule is COc1ccc(-c2cnc(N)nc2-c2ccc(OC)c3ccccc23)cc1F. The predicted octanol–water partition coefficient (Wildman–Crippen LogP) is 4.70. The molecule has 0 unspecified atom stereocenters. The Balaban J connectivity index is 1.98. The van der Waals surface area contributed by atoms with Crippen LogP contribution in [0.4, 0.5) is 10.3 Å². The molecule has 140 valence electrons. The van der Waals surface area contributed by atoms with Gasteiger partial charge in [0.1, 0.15) is 5.75 Å². The molecule has 0 radical (unpaired) electrons. The summed E-state index contributed by atoms with van der Waals surface area (Å²) in [5.74, 6) is 0.630. The van der Waals surface area contributed by atoms with E-state index in [-0.39, 0.29) is 11.7 Å². The number of ether oxygens (including phenoxy) is 2. The van der Waals surface area contributed by atoms with Gasteiger partial charge in [0.15, 0.2) is 11.6 Å². The minimum atomic E-state index is -0.456. The Bertz CT molecular complexity index is 1180. The fourth-order valence-corrected chi connectivity index (χ4v) is 3.30. The average Bonchev–Trinajstić information content (AvgIpc) is 2.73. The van der Waals surface area contributed by atoms with Crippen molar-refractivity contribution in [1.82, 2.24) is 9.97 Å². The lowest BCUT2D eigenvalue weighted by molar-refractivity contribution is 0.386. The van der Waals surface area contributed by atoms with Crippen LogP contribution in [0.2, 0.25) is 0 Å². The van der Waals surface area contributed by atoms with Crippen LogP contribution in [0.25, 0.3) is 33.2 Å². The van der Waals surface area contributed by atoms with Gasteiger partial charge in [-0.3, -0.25) is 0 Å². The van der Waals surface area contributed by atoms with E-state index in [1.807, 2.05) is 36.4 Å². The van der Waals surface area contributed by atoms with Crippen LogP contribution in [-0.4, -0.2) is 24.2 Å². The third-order valence-corrected chi connectivity index (χ3v) is 4.63. The molecule has 28 heavy (non-hydrogen) atoms. The van der Waals surface area contributed by atoms with Crippen LogP contribution in [0.3, 0.4) is 0 Å². The normalized spacial score (nSPS) is 10.8. The zero-order valence-electron chi connectivity index (χ0n) is 15.4. The summed E-state index contributed by atoms with van der Waals surface area (Å²) in [6.07, 6.45) is 1.61. The average molecular weight is 375 g/mol. The van der Waals surface area contributed by atoms with Gasteiger partial charge >= 0.3 is 0 Å². The highest BCUT2D eigenvalue weighted by atomic mass is 19.1. The molecule has 0 fully saturated rings. The number of benzene rings is 3. The number of nitrogens with two attached hydrogens (primary N) is 1. The molecule has 0 bridgehead atoms. The van der Waals surface area contributed by atoms with Crippen molar-refractivity contribution in [2.24, 2.45) is 0 Å². The van der Waals surface area contributed by atoms with Crippen LogP contribution < -0.4 is 15.2 Å². The second-order valence-corrected chi connectivity index (χ2v) is 6.20. The minimum absolute atomic E-state index is 0.146. The number of halogens is 1. The van der Waals surface area contributed by atoms with Gasteiger partial charge < -0.3 is 15.2 Å². The molecule has 1 aromatic heterocycles. The smallest absolute Gasteiger partial charge is 0.220 e. The molecule has 0 aliphatic heterocycles. The van der Waals surface area contributed by atoms with Gasteiger partial charge in [0, 0.05) is 22.7 Å². The van der Waals surface area contributed by atoms with Gasteiger partial charge in [-0.1, -0.05) is 30.3 Å². The van der Waals surface area contributed by atoms with Crippen molar-refractivity contribution >= 4 is 16.7 Å². The Morgan fingerprint density at radius 2 is 1.57 bits per heavy atom. The largest absolute Gasteiger partial charge is 0.496 e. The first-order valence-electron chi connectivity index (χ1n) is 8.65. The van der Waals surface area contributed by atoms with Crippen molar-refractivity contribution in [3.05, 3.63) is 66.6 Å². The van der Waals surface area contributed by atoms with Gasteiger partial charge in [-0.05, 0) is 35.2 Å². The van der Waals surface area contributed by atoms with Crippen LogP contribution >= 0.6 is 0 Å². The summed E-state index contributed by atoms with van der Waals surface area (Å²) >= 11 is 0. The number of methoxy groups -OCH3 is 2. The van der Waals surface area contributed by atoms with Crippen molar-refractivity contribution in [3.63, 3.8) is 0 Å². The molecule has 4 rings (SSSR count). The van der Waals surface area contributed by atoms with Crippen LogP contribution in [0.15, 0.2) is 60.8 Å². The molecule has 0 saturated carbocycles. The summed E-state index contributed by atoms with van der Waals surface area (Å²) in [6.45, 7) is 0. The van der Waals surface area contributed by atoms with E-state index in [1.54, 1.807) is 25.4 Å². The Morgan fingerprint density at radius 1 is 0.857 bits per heavy atom. The van der Waals surface area contributed by atoms with E-state index in [2.05, 4.69) is 9.97 Å². The maximum absolute atomic E-state index is 14.3. The fourth-order valence-electron chi connectivity index (χ4n) is 3.30. The lowest BCUT2D eigenvalue weighted by atomic mass is 9.96. The summed E-state index contributed by atoms with van der Waals surface area (Å²) in [7, 11) is 3.06. The molecule has 2 N–H and O–H groups in total. The molecular formula is C22H18FN3O2. The van der Waals surface area contributed by atoms with E-state index in [9.17, 15) is 4.39 Å². The number of hydrogen-bond acceptors (Lipinski definition) is 5. The molecule has 0 aliphatic rings. The van der Waals surface area contributed by atoms with Gasteiger partial charge in [-0.15, -0.1) is 0 Å². The number of nitrogen functional groups attached to an aromatic ring is 1. The second kappa shape index (κ2) is 7.15. The minimum Gasteiger partial charge on any atom is -0.496 e. The third kappa shape index (κ3) is 2.99. The van der Waals surface area contributed by atoms with Crippen molar-refractivity contribution < 1.29 is 13.9 Å². The molecule has 5 nitrogen and oxygen atoms in total. The lowest BCUT2D eigenvalue weighted by Crippen LogP contribution is -2.00. The number of anilines is 1. The Kier molecular flexibility index (Phi) is 4.53. The maximum atomic E-state index is 14.3. The highest BCUT2D eigenvalue weighted by Gasteiger charge is 2.16. The number of hydrogen-bond donors (Lipinski definition) is 1. The predicted molar refractivity (Wildman–Crippen MR) is 108 cm³/mol. The first-order chi connectivity index (χ1) is 13.6. The van der Waals surface area contributed by atoms with Gasteiger partial charge in [0.25, 0.3) is 0 Å². The molecule has 3 aromatic carbocycles. The molecule has 0 amide bonds. The van der Waals surface area contributed by atoms with E-state index >= 15 is 0 Å². The van der Waals surface area contributed by atoms with E-state index in [1.165, 1.54) is 13.2 Å². The van der Waals surface area contributed by atoms with Crippen LogP contribution in [0.1, 0.15) is 0 Å². The Labute approximate surface area is 161 Å².